The normalized spacial score (nSPS) is 16.6. The largest absolute Gasteiger partial charge is 0.379 e. The molecule has 1 aromatic heterocycles. The van der Waals surface area contributed by atoms with E-state index in [1.54, 1.807) is 0 Å². The Morgan fingerprint density at radius 3 is 2.69 bits per heavy atom. The number of benzene rings is 1. The zero-order valence-electron chi connectivity index (χ0n) is 17.7. The minimum atomic E-state index is 0.263. The number of hydrogen-bond donors (Lipinski definition) is 2. The Bertz CT molecular complexity index is 722. The van der Waals surface area contributed by atoms with Gasteiger partial charge in [0, 0.05) is 45.1 Å². The fourth-order valence-corrected chi connectivity index (χ4v) is 3.51. The molecule has 1 unspecified atom stereocenters. The van der Waals surface area contributed by atoms with Crippen LogP contribution in [-0.2, 0) is 11.3 Å². The van der Waals surface area contributed by atoms with Crippen molar-refractivity contribution in [2.75, 3.05) is 45.9 Å². The number of nitrogens with zero attached hydrogens (tertiary/aromatic N) is 4. The third-order valence-corrected chi connectivity index (χ3v) is 5.13. The molecule has 1 fully saturated rings. The number of nitrogens with one attached hydrogen (secondary N) is 2. The maximum absolute atomic E-state index is 5.56. The second kappa shape index (κ2) is 11.6. The van der Waals surface area contributed by atoms with Gasteiger partial charge >= 0.3 is 0 Å². The molecule has 1 atom stereocenters. The zero-order valence-corrected chi connectivity index (χ0v) is 17.7. The summed E-state index contributed by atoms with van der Waals surface area (Å²) in [5.41, 5.74) is 2.60. The maximum atomic E-state index is 5.56. The maximum Gasteiger partial charge on any atom is 0.191 e. The van der Waals surface area contributed by atoms with Gasteiger partial charge in [0.1, 0.15) is 0 Å². The first-order chi connectivity index (χ1) is 14.3. The Morgan fingerprint density at radius 1 is 1.21 bits per heavy atom. The highest BCUT2D eigenvalue weighted by Crippen LogP contribution is 2.22. The summed E-state index contributed by atoms with van der Waals surface area (Å²) >= 11 is 0. The third kappa shape index (κ3) is 6.87. The molecule has 0 radical (unpaired) electrons. The van der Waals surface area contributed by atoms with Crippen LogP contribution < -0.4 is 10.6 Å². The highest BCUT2D eigenvalue weighted by atomic mass is 16.5. The summed E-state index contributed by atoms with van der Waals surface area (Å²) in [5, 5.41) is 11.1. The predicted octanol–water partition coefficient (Wildman–Crippen LogP) is 2.21. The van der Waals surface area contributed by atoms with Gasteiger partial charge in [-0.3, -0.25) is 14.6 Å². The van der Waals surface area contributed by atoms with Crippen molar-refractivity contribution in [1.82, 2.24) is 25.3 Å². The topological polar surface area (TPSA) is 66.7 Å². The van der Waals surface area contributed by atoms with E-state index in [4.69, 9.17) is 9.73 Å². The van der Waals surface area contributed by atoms with Gasteiger partial charge in [-0.05, 0) is 31.9 Å². The number of aromatic nitrogens is 2. The molecule has 1 aliphatic rings. The quantitative estimate of drug-likeness (QED) is 0.385. The first kappa shape index (κ1) is 21.3. The van der Waals surface area contributed by atoms with Gasteiger partial charge in [-0.2, -0.15) is 5.10 Å². The van der Waals surface area contributed by atoms with Crippen molar-refractivity contribution in [1.29, 1.82) is 0 Å². The number of morpholine rings is 1. The Morgan fingerprint density at radius 2 is 2.00 bits per heavy atom. The van der Waals surface area contributed by atoms with E-state index in [9.17, 15) is 0 Å². The van der Waals surface area contributed by atoms with Crippen LogP contribution in [0.3, 0.4) is 0 Å². The van der Waals surface area contributed by atoms with Gasteiger partial charge in [-0.1, -0.05) is 29.8 Å². The van der Waals surface area contributed by atoms with Crippen LogP contribution in [0.4, 0.5) is 0 Å². The molecule has 7 nitrogen and oxygen atoms in total. The van der Waals surface area contributed by atoms with Crippen molar-refractivity contribution in [3.05, 3.63) is 53.9 Å². The first-order valence-electron chi connectivity index (χ1n) is 10.6. The highest BCUT2D eigenvalue weighted by Gasteiger charge is 2.22. The highest BCUT2D eigenvalue weighted by molar-refractivity contribution is 5.79. The molecule has 0 spiro atoms. The molecule has 29 heavy (non-hydrogen) atoms. The molecule has 3 rings (SSSR count). The average Bonchev–Trinajstić information content (AvgIpc) is 3.27. The number of hydrogen-bond acceptors (Lipinski definition) is 4. The van der Waals surface area contributed by atoms with Crippen molar-refractivity contribution in [2.24, 2.45) is 4.99 Å². The smallest absolute Gasteiger partial charge is 0.191 e. The number of guanidine groups is 1. The van der Waals surface area contributed by atoms with Crippen molar-refractivity contribution < 1.29 is 4.74 Å². The lowest BCUT2D eigenvalue weighted by Gasteiger charge is -2.34. The molecule has 2 aromatic rings. The van der Waals surface area contributed by atoms with E-state index in [1.165, 1.54) is 11.1 Å². The van der Waals surface area contributed by atoms with Crippen molar-refractivity contribution in [3.8, 4) is 0 Å². The molecule has 158 valence electrons. The number of rotatable bonds is 9. The standard InChI is InChI=1S/C22H34N6O/c1-3-23-22(24-10-4-12-28-13-5-11-26-28)25-18-21(27-14-16-29-17-15-27)20-8-6-19(2)7-9-20/h5-9,11,13,21H,3-4,10,12,14-18H2,1-2H3,(H2,23,24,25). The first-order valence-corrected chi connectivity index (χ1v) is 10.6. The van der Waals surface area contributed by atoms with Crippen LogP contribution in [0.1, 0.15) is 30.5 Å². The predicted molar refractivity (Wildman–Crippen MR) is 117 cm³/mol. The van der Waals surface area contributed by atoms with Gasteiger partial charge < -0.3 is 15.4 Å². The summed E-state index contributed by atoms with van der Waals surface area (Å²) in [5.74, 6) is 0.873. The minimum absolute atomic E-state index is 0.263. The van der Waals surface area contributed by atoms with E-state index in [2.05, 4.69) is 58.7 Å². The molecule has 0 amide bonds. The molecule has 0 bridgehead atoms. The van der Waals surface area contributed by atoms with Gasteiger partial charge in [0.2, 0.25) is 0 Å². The van der Waals surface area contributed by atoms with Crippen molar-refractivity contribution in [2.45, 2.75) is 32.9 Å². The van der Waals surface area contributed by atoms with Crippen LogP contribution >= 0.6 is 0 Å². The Kier molecular flexibility index (Phi) is 8.52. The molecule has 7 heteroatoms. The Hall–Kier alpha value is -2.38. The fraction of sp³-hybridized carbons (Fsp3) is 0.545. The van der Waals surface area contributed by atoms with Crippen LogP contribution in [0.25, 0.3) is 0 Å². The molecule has 2 N–H and O–H groups in total. The van der Waals surface area contributed by atoms with Crippen LogP contribution in [0, 0.1) is 6.92 Å². The Labute approximate surface area is 174 Å². The van der Waals surface area contributed by atoms with Gasteiger partial charge in [-0.25, -0.2) is 0 Å². The summed E-state index contributed by atoms with van der Waals surface area (Å²) in [6.07, 6.45) is 4.81. The van der Waals surface area contributed by atoms with Crippen molar-refractivity contribution in [3.63, 3.8) is 0 Å². The van der Waals surface area contributed by atoms with E-state index in [0.29, 0.717) is 0 Å². The van der Waals surface area contributed by atoms with Gasteiger partial charge in [0.15, 0.2) is 5.96 Å². The summed E-state index contributed by atoms with van der Waals surface area (Å²) in [7, 11) is 0. The third-order valence-electron chi connectivity index (χ3n) is 5.13. The number of aliphatic imine (C=N–C) groups is 1. The monoisotopic (exact) mass is 398 g/mol. The SMILES string of the molecule is CCNC(=NCC(c1ccc(C)cc1)N1CCOCC1)NCCCn1cccn1. The molecule has 0 saturated carbocycles. The van der Waals surface area contributed by atoms with Crippen LogP contribution in [0.5, 0.6) is 0 Å². The second-order valence-electron chi connectivity index (χ2n) is 7.34. The van der Waals surface area contributed by atoms with Gasteiger partial charge in [0.05, 0.1) is 25.8 Å². The lowest BCUT2D eigenvalue weighted by atomic mass is 10.0. The van der Waals surface area contributed by atoms with Crippen LogP contribution in [0.15, 0.2) is 47.7 Å². The summed E-state index contributed by atoms with van der Waals surface area (Å²) in [6.45, 7) is 11.0. The summed E-state index contributed by atoms with van der Waals surface area (Å²) in [6, 6.07) is 11.1. The summed E-state index contributed by atoms with van der Waals surface area (Å²) in [4.78, 5) is 7.40. The van der Waals surface area contributed by atoms with Crippen molar-refractivity contribution >= 4 is 5.96 Å². The van der Waals surface area contributed by atoms with Crippen LogP contribution in [-0.4, -0.2) is 66.6 Å². The van der Waals surface area contributed by atoms with E-state index >= 15 is 0 Å². The van der Waals surface area contributed by atoms with Gasteiger partial charge in [-0.15, -0.1) is 0 Å². The van der Waals surface area contributed by atoms with E-state index in [1.807, 2.05) is 23.1 Å². The lowest BCUT2D eigenvalue weighted by Crippen LogP contribution is -2.42. The fourth-order valence-electron chi connectivity index (χ4n) is 3.51. The lowest BCUT2D eigenvalue weighted by molar-refractivity contribution is 0.0179. The Balaban J connectivity index is 1.61. The molecular weight excluding hydrogens is 364 g/mol. The van der Waals surface area contributed by atoms with Crippen LogP contribution in [0.2, 0.25) is 0 Å². The minimum Gasteiger partial charge on any atom is -0.379 e. The number of ether oxygens (including phenoxy) is 1. The van der Waals surface area contributed by atoms with Gasteiger partial charge in [0.25, 0.3) is 0 Å². The molecule has 0 aliphatic carbocycles. The van der Waals surface area contributed by atoms with E-state index < -0.39 is 0 Å². The molecule has 1 aliphatic heterocycles. The van der Waals surface area contributed by atoms with E-state index in [-0.39, 0.29) is 6.04 Å². The molecule has 1 aromatic carbocycles. The average molecular weight is 399 g/mol. The second-order valence-corrected chi connectivity index (χ2v) is 7.34. The summed E-state index contributed by atoms with van der Waals surface area (Å²) < 4.78 is 7.51. The molecule has 2 heterocycles. The van der Waals surface area contributed by atoms with E-state index in [0.717, 1.165) is 64.9 Å². The zero-order chi connectivity index (χ0) is 20.3. The number of aryl methyl sites for hydroxylation is 2. The molecule has 1 saturated heterocycles. The molecular formula is C22H34N6O.